The molecule has 0 saturated heterocycles. The number of aliphatic hydroxyl groups excluding tert-OH is 1. The van der Waals surface area contributed by atoms with Gasteiger partial charge in [0.2, 0.25) is 11.8 Å². The van der Waals surface area contributed by atoms with E-state index in [9.17, 15) is 18.7 Å². The number of amides is 1. The maximum absolute atomic E-state index is 13.4. The minimum absolute atomic E-state index is 0.0519. The van der Waals surface area contributed by atoms with Crippen LogP contribution in [-0.2, 0) is 17.8 Å². The standard InChI is InChI=1S/C18H19F2N3O3/c19-11-3-9(4-12(20)7-11)17-22-14-8-23(2-1-16(14)26-17)18(25)10-5-13(21)15(24)6-10/h3-4,7,10,13,15,24H,1-2,5-6,8,21H2/t10-,13-,15-/m0/s1. The van der Waals surface area contributed by atoms with Crippen molar-refractivity contribution in [1.29, 1.82) is 0 Å². The zero-order valence-electron chi connectivity index (χ0n) is 14.0. The topological polar surface area (TPSA) is 92.6 Å². The summed E-state index contributed by atoms with van der Waals surface area (Å²) in [6.45, 7) is 0.747. The van der Waals surface area contributed by atoms with Crippen LogP contribution in [0.4, 0.5) is 8.78 Å². The molecule has 1 aliphatic heterocycles. The van der Waals surface area contributed by atoms with Gasteiger partial charge in [0.1, 0.15) is 23.1 Å². The van der Waals surface area contributed by atoms with Crippen LogP contribution in [0.15, 0.2) is 22.6 Å². The highest BCUT2D eigenvalue weighted by molar-refractivity contribution is 5.79. The number of aromatic nitrogens is 1. The van der Waals surface area contributed by atoms with E-state index in [4.69, 9.17) is 10.2 Å². The number of nitrogens with zero attached hydrogens (tertiary/aromatic N) is 2. The van der Waals surface area contributed by atoms with Gasteiger partial charge in [0.15, 0.2) is 0 Å². The van der Waals surface area contributed by atoms with E-state index in [0.717, 1.165) is 18.2 Å². The number of rotatable bonds is 2. The van der Waals surface area contributed by atoms with Crippen LogP contribution in [0.3, 0.4) is 0 Å². The second kappa shape index (κ2) is 6.44. The summed E-state index contributed by atoms with van der Waals surface area (Å²) in [5.74, 6) is -0.986. The number of carbonyl (C=O) groups excluding carboxylic acids is 1. The fraction of sp³-hybridized carbons (Fsp3) is 0.444. The molecule has 1 amide bonds. The van der Waals surface area contributed by atoms with E-state index in [1.54, 1.807) is 4.90 Å². The number of aliphatic hydroxyl groups is 1. The zero-order valence-corrected chi connectivity index (χ0v) is 14.0. The van der Waals surface area contributed by atoms with Crippen molar-refractivity contribution in [2.75, 3.05) is 6.54 Å². The first-order valence-corrected chi connectivity index (χ1v) is 8.58. The fourth-order valence-corrected chi connectivity index (χ4v) is 3.70. The summed E-state index contributed by atoms with van der Waals surface area (Å²) in [7, 11) is 0. The van der Waals surface area contributed by atoms with E-state index in [0.29, 0.717) is 37.3 Å². The van der Waals surface area contributed by atoms with Crippen molar-refractivity contribution in [3.05, 3.63) is 41.3 Å². The fourth-order valence-electron chi connectivity index (χ4n) is 3.70. The Bertz CT molecular complexity index is 824. The van der Waals surface area contributed by atoms with Crippen LogP contribution in [0.2, 0.25) is 0 Å². The molecule has 26 heavy (non-hydrogen) atoms. The predicted octanol–water partition coefficient (Wildman–Crippen LogP) is 1.60. The molecule has 4 rings (SSSR count). The lowest BCUT2D eigenvalue weighted by Crippen LogP contribution is -2.39. The molecule has 1 saturated carbocycles. The number of nitrogens with two attached hydrogens (primary N) is 1. The number of hydrogen-bond donors (Lipinski definition) is 2. The van der Waals surface area contributed by atoms with Crippen LogP contribution in [-0.4, -0.2) is 39.6 Å². The Balaban J connectivity index is 1.52. The van der Waals surface area contributed by atoms with Crippen LogP contribution in [0.5, 0.6) is 0 Å². The van der Waals surface area contributed by atoms with E-state index in [2.05, 4.69) is 4.98 Å². The van der Waals surface area contributed by atoms with E-state index in [-0.39, 0.29) is 35.9 Å². The van der Waals surface area contributed by atoms with Crippen LogP contribution in [0.25, 0.3) is 11.5 Å². The highest BCUT2D eigenvalue weighted by Crippen LogP contribution is 2.31. The molecular weight excluding hydrogens is 344 g/mol. The first-order chi connectivity index (χ1) is 12.4. The van der Waals surface area contributed by atoms with Gasteiger partial charge in [-0.05, 0) is 25.0 Å². The van der Waals surface area contributed by atoms with Gasteiger partial charge in [-0.15, -0.1) is 0 Å². The molecule has 1 aromatic carbocycles. The predicted molar refractivity (Wildman–Crippen MR) is 87.7 cm³/mol. The molecule has 1 aromatic heterocycles. The number of benzene rings is 1. The van der Waals surface area contributed by atoms with Crippen LogP contribution >= 0.6 is 0 Å². The number of hydrogen-bond acceptors (Lipinski definition) is 5. The lowest BCUT2D eigenvalue weighted by molar-refractivity contribution is -0.136. The third-order valence-corrected chi connectivity index (χ3v) is 5.07. The monoisotopic (exact) mass is 363 g/mol. The maximum atomic E-state index is 13.4. The van der Waals surface area contributed by atoms with Crippen molar-refractivity contribution in [2.45, 2.75) is 38.0 Å². The van der Waals surface area contributed by atoms with Gasteiger partial charge in [-0.2, -0.15) is 0 Å². The normalized spacial score (nSPS) is 25.4. The van der Waals surface area contributed by atoms with Crippen molar-refractivity contribution >= 4 is 5.91 Å². The van der Waals surface area contributed by atoms with Crippen LogP contribution in [0.1, 0.15) is 24.3 Å². The third kappa shape index (κ3) is 3.10. The Morgan fingerprint density at radius 2 is 2.00 bits per heavy atom. The molecule has 0 spiro atoms. The van der Waals surface area contributed by atoms with Crippen molar-refractivity contribution in [1.82, 2.24) is 9.88 Å². The van der Waals surface area contributed by atoms with Crippen LogP contribution in [0, 0.1) is 17.6 Å². The van der Waals surface area contributed by atoms with Gasteiger partial charge in [0.25, 0.3) is 0 Å². The third-order valence-electron chi connectivity index (χ3n) is 5.07. The van der Waals surface area contributed by atoms with E-state index in [1.165, 1.54) is 0 Å². The summed E-state index contributed by atoms with van der Waals surface area (Å²) in [6.07, 6.45) is 0.671. The van der Waals surface area contributed by atoms with Crippen molar-refractivity contribution in [3.63, 3.8) is 0 Å². The van der Waals surface area contributed by atoms with Crippen molar-refractivity contribution in [3.8, 4) is 11.5 Å². The van der Waals surface area contributed by atoms with Crippen LogP contribution < -0.4 is 5.73 Å². The largest absolute Gasteiger partial charge is 0.441 e. The lowest BCUT2D eigenvalue weighted by Gasteiger charge is -2.27. The van der Waals surface area contributed by atoms with Crippen molar-refractivity contribution < 1.29 is 23.1 Å². The summed E-state index contributed by atoms with van der Waals surface area (Å²) in [5, 5.41) is 9.76. The summed E-state index contributed by atoms with van der Waals surface area (Å²) in [6, 6.07) is 2.73. The molecular formula is C18H19F2N3O3. The Kier molecular flexibility index (Phi) is 4.24. The van der Waals surface area contributed by atoms with Gasteiger partial charge in [-0.25, -0.2) is 13.8 Å². The highest BCUT2D eigenvalue weighted by atomic mass is 19.1. The maximum Gasteiger partial charge on any atom is 0.226 e. The van der Waals surface area contributed by atoms with E-state index in [1.807, 2.05) is 0 Å². The average molecular weight is 363 g/mol. The Morgan fingerprint density at radius 3 is 2.65 bits per heavy atom. The minimum atomic E-state index is -0.705. The van der Waals surface area contributed by atoms with Gasteiger partial charge in [0.05, 0.1) is 12.6 Å². The van der Waals surface area contributed by atoms with Crippen molar-refractivity contribution in [2.24, 2.45) is 11.7 Å². The summed E-state index contributed by atoms with van der Waals surface area (Å²) in [5.41, 5.74) is 6.61. The summed E-state index contributed by atoms with van der Waals surface area (Å²) < 4.78 is 32.5. The van der Waals surface area contributed by atoms with E-state index < -0.39 is 17.7 Å². The number of fused-ring (bicyclic) bond motifs is 1. The molecule has 1 aliphatic carbocycles. The first-order valence-electron chi connectivity index (χ1n) is 8.58. The lowest BCUT2D eigenvalue weighted by atomic mass is 10.0. The zero-order chi connectivity index (χ0) is 18.4. The Hall–Kier alpha value is -2.32. The number of halogens is 2. The van der Waals surface area contributed by atoms with E-state index >= 15 is 0 Å². The summed E-state index contributed by atoms with van der Waals surface area (Å²) in [4.78, 5) is 18.7. The molecule has 3 atom stereocenters. The molecule has 0 unspecified atom stereocenters. The number of carbonyl (C=O) groups is 1. The molecule has 8 heteroatoms. The molecule has 0 radical (unpaired) electrons. The highest BCUT2D eigenvalue weighted by Gasteiger charge is 2.38. The molecule has 0 bridgehead atoms. The van der Waals surface area contributed by atoms with Gasteiger partial charge in [-0.1, -0.05) is 0 Å². The van der Waals surface area contributed by atoms with Gasteiger partial charge >= 0.3 is 0 Å². The molecule has 2 aliphatic rings. The molecule has 138 valence electrons. The second-order valence-electron chi connectivity index (χ2n) is 6.96. The van der Waals surface area contributed by atoms with Gasteiger partial charge < -0.3 is 20.2 Å². The smallest absolute Gasteiger partial charge is 0.226 e. The molecule has 3 N–H and O–H groups in total. The Labute approximate surface area is 148 Å². The number of oxazole rings is 1. The quantitative estimate of drug-likeness (QED) is 0.846. The molecule has 2 aromatic rings. The second-order valence-corrected chi connectivity index (χ2v) is 6.96. The molecule has 1 fully saturated rings. The first kappa shape index (κ1) is 17.1. The summed E-state index contributed by atoms with van der Waals surface area (Å²) >= 11 is 0. The average Bonchev–Trinajstić information content (AvgIpc) is 3.16. The SMILES string of the molecule is N[C@H]1C[C@H](C(=O)N2CCc3oc(-c4cc(F)cc(F)c4)nc3C2)C[C@@H]1O. The van der Waals surface area contributed by atoms with Gasteiger partial charge in [0, 0.05) is 36.6 Å². The Morgan fingerprint density at radius 1 is 1.27 bits per heavy atom. The minimum Gasteiger partial charge on any atom is -0.441 e. The van der Waals surface area contributed by atoms with Gasteiger partial charge in [-0.3, -0.25) is 4.79 Å². The molecule has 2 heterocycles. The molecule has 6 nitrogen and oxygen atoms in total.